The van der Waals surface area contributed by atoms with Crippen LogP contribution < -0.4 is 0 Å². The normalized spacial score (nSPS) is 14.5. The Morgan fingerprint density at radius 3 is 2.48 bits per heavy atom. The largest absolute Gasteiger partial charge is 0.347 e. The third-order valence-corrected chi connectivity index (χ3v) is 5.25. The minimum absolute atomic E-state index is 0.134. The summed E-state index contributed by atoms with van der Waals surface area (Å²) in [5.74, 6) is -0.134. The van der Waals surface area contributed by atoms with Crippen LogP contribution in [0, 0.1) is 12.7 Å². The van der Waals surface area contributed by atoms with Crippen molar-refractivity contribution < 1.29 is 4.39 Å². The molecule has 0 radical (unpaired) electrons. The summed E-state index contributed by atoms with van der Waals surface area (Å²) in [4.78, 5) is 2.50. The van der Waals surface area contributed by atoms with Crippen LogP contribution in [0.15, 0.2) is 60.8 Å². The average Bonchev–Trinajstić information content (AvgIpc) is 2.97. The summed E-state index contributed by atoms with van der Waals surface area (Å²) in [7, 11) is 0. The summed E-state index contributed by atoms with van der Waals surface area (Å²) >= 11 is 0. The molecule has 2 nitrogen and oxygen atoms in total. The first-order valence-corrected chi connectivity index (χ1v) is 8.88. The number of hydrogen-bond acceptors (Lipinski definition) is 1. The number of hydrogen-bond donors (Lipinski definition) is 0. The molecule has 0 amide bonds. The van der Waals surface area contributed by atoms with Crippen LogP contribution in [-0.4, -0.2) is 16.0 Å². The predicted molar refractivity (Wildman–Crippen MR) is 98.9 cm³/mol. The van der Waals surface area contributed by atoms with Crippen LogP contribution in [0.1, 0.15) is 27.9 Å². The Hall–Kier alpha value is -2.39. The Morgan fingerprint density at radius 1 is 0.880 bits per heavy atom. The van der Waals surface area contributed by atoms with Crippen molar-refractivity contribution in [2.75, 3.05) is 6.54 Å². The first-order chi connectivity index (χ1) is 12.2. The Balaban J connectivity index is 1.48. The van der Waals surface area contributed by atoms with Gasteiger partial charge in [0.2, 0.25) is 0 Å². The molecular weight excluding hydrogens is 311 g/mol. The number of aromatic nitrogens is 1. The van der Waals surface area contributed by atoms with Crippen LogP contribution in [0.2, 0.25) is 0 Å². The second-order valence-corrected chi connectivity index (χ2v) is 6.88. The van der Waals surface area contributed by atoms with Crippen LogP contribution in [0.25, 0.3) is 0 Å². The van der Waals surface area contributed by atoms with Gasteiger partial charge in [0.1, 0.15) is 5.82 Å². The van der Waals surface area contributed by atoms with E-state index in [4.69, 9.17) is 0 Å². The zero-order chi connectivity index (χ0) is 17.2. The number of benzene rings is 2. The van der Waals surface area contributed by atoms with Gasteiger partial charge >= 0.3 is 0 Å². The maximum Gasteiger partial charge on any atom is 0.128 e. The van der Waals surface area contributed by atoms with Gasteiger partial charge in [-0.3, -0.25) is 4.90 Å². The number of nitrogens with zero attached hydrogens (tertiary/aromatic N) is 2. The molecule has 0 saturated carbocycles. The smallest absolute Gasteiger partial charge is 0.128 e. The van der Waals surface area contributed by atoms with Gasteiger partial charge in [0.25, 0.3) is 0 Å². The van der Waals surface area contributed by atoms with Gasteiger partial charge in [-0.05, 0) is 42.2 Å². The van der Waals surface area contributed by atoms with E-state index in [9.17, 15) is 4.39 Å². The predicted octanol–water partition coefficient (Wildman–Crippen LogP) is 4.54. The molecule has 128 valence electrons. The van der Waals surface area contributed by atoms with Crippen molar-refractivity contribution in [1.29, 1.82) is 0 Å². The second kappa shape index (κ2) is 6.85. The number of fused-ring (bicyclic) bond motifs is 1. The van der Waals surface area contributed by atoms with Gasteiger partial charge in [-0.2, -0.15) is 0 Å². The van der Waals surface area contributed by atoms with Crippen LogP contribution in [0.4, 0.5) is 4.39 Å². The molecule has 3 heteroatoms. The summed E-state index contributed by atoms with van der Waals surface area (Å²) in [6.07, 6.45) is 3.19. The van der Waals surface area contributed by atoms with E-state index < -0.39 is 0 Å². The lowest BCUT2D eigenvalue weighted by Crippen LogP contribution is -2.30. The monoisotopic (exact) mass is 334 g/mol. The van der Waals surface area contributed by atoms with E-state index in [1.165, 1.54) is 28.5 Å². The van der Waals surface area contributed by atoms with E-state index in [0.717, 1.165) is 31.6 Å². The summed E-state index contributed by atoms with van der Waals surface area (Å²) in [6, 6.07) is 17.9. The third kappa shape index (κ3) is 3.38. The molecule has 0 saturated heterocycles. The molecule has 3 aromatic rings. The fraction of sp³-hybridized carbons (Fsp3) is 0.273. The molecule has 1 aromatic heterocycles. The molecule has 1 aliphatic rings. The highest BCUT2D eigenvalue weighted by atomic mass is 19.1. The van der Waals surface area contributed by atoms with Crippen LogP contribution in [0.3, 0.4) is 0 Å². The van der Waals surface area contributed by atoms with E-state index >= 15 is 0 Å². The molecule has 0 fully saturated rings. The van der Waals surface area contributed by atoms with Crippen molar-refractivity contribution >= 4 is 0 Å². The van der Waals surface area contributed by atoms with Crippen LogP contribution >= 0.6 is 0 Å². The van der Waals surface area contributed by atoms with Crippen molar-refractivity contribution in [3.05, 3.63) is 94.6 Å². The molecule has 0 bridgehead atoms. The maximum atomic E-state index is 13.9. The fourth-order valence-electron chi connectivity index (χ4n) is 3.68. The quantitative estimate of drug-likeness (QED) is 0.680. The zero-order valence-electron chi connectivity index (χ0n) is 14.6. The van der Waals surface area contributed by atoms with Crippen molar-refractivity contribution in [3.8, 4) is 0 Å². The highest BCUT2D eigenvalue weighted by molar-refractivity contribution is 5.30. The number of rotatable bonds is 4. The molecule has 0 aliphatic carbocycles. The van der Waals surface area contributed by atoms with E-state index in [-0.39, 0.29) is 5.82 Å². The highest BCUT2D eigenvalue weighted by Gasteiger charge is 2.17. The first-order valence-electron chi connectivity index (χ1n) is 8.88. The van der Waals surface area contributed by atoms with Gasteiger partial charge in [0, 0.05) is 37.1 Å². The molecule has 0 unspecified atom stereocenters. The van der Waals surface area contributed by atoms with Crippen molar-refractivity contribution in [3.63, 3.8) is 0 Å². The molecule has 4 rings (SSSR count). The molecular formula is C22H23FN2. The molecule has 2 heterocycles. The molecule has 25 heavy (non-hydrogen) atoms. The minimum atomic E-state index is -0.134. The molecule has 0 spiro atoms. The van der Waals surface area contributed by atoms with Gasteiger partial charge in [-0.25, -0.2) is 4.39 Å². The Kier molecular flexibility index (Phi) is 4.41. The topological polar surface area (TPSA) is 8.17 Å². The van der Waals surface area contributed by atoms with E-state index in [2.05, 4.69) is 52.9 Å². The fourth-order valence-corrected chi connectivity index (χ4v) is 3.68. The molecule has 1 aliphatic heterocycles. The van der Waals surface area contributed by atoms with Gasteiger partial charge < -0.3 is 4.57 Å². The average molecular weight is 334 g/mol. The van der Waals surface area contributed by atoms with Gasteiger partial charge in [-0.15, -0.1) is 0 Å². The zero-order valence-corrected chi connectivity index (χ0v) is 14.6. The van der Waals surface area contributed by atoms with Crippen LogP contribution in [-0.2, 0) is 26.1 Å². The Bertz CT molecular complexity index is 881. The summed E-state index contributed by atoms with van der Waals surface area (Å²) in [5.41, 5.74) is 6.21. The standard InChI is InChI=1S/C22H23FN2/c1-17-19(11-13-25(17)16-21-8-4-5-9-22(21)23)14-24-12-10-18-6-2-3-7-20(18)15-24/h2-9,11,13H,10,12,14-16H2,1H3. The van der Waals surface area contributed by atoms with E-state index in [0.29, 0.717) is 6.54 Å². The Labute approximate surface area is 148 Å². The molecule has 2 aromatic carbocycles. The van der Waals surface area contributed by atoms with Crippen LogP contribution in [0.5, 0.6) is 0 Å². The first kappa shape index (κ1) is 16.1. The third-order valence-electron chi connectivity index (χ3n) is 5.25. The van der Waals surface area contributed by atoms with Crippen molar-refractivity contribution in [2.24, 2.45) is 0 Å². The lowest BCUT2D eigenvalue weighted by molar-refractivity contribution is 0.245. The second-order valence-electron chi connectivity index (χ2n) is 6.88. The number of halogens is 1. The summed E-state index contributed by atoms with van der Waals surface area (Å²) < 4.78 is 16.1. The lowest BCUT2D eigenvalue weighted by Gasteiger charge is -2.28. The highest BCUT2D eigenvalue weighted by Crippen LogP contribution is 2.22. The molecule has 0 N–H and O–H groups in total. The lowest BCUT2D eigenvalue weighted by atomic mass is 9.99. The van der Waals surface area contributed by atoms with E-state index in [1.54, 1.807) is 6.07 Å². The van der Waals surface area contributed by atoms with E-state index in [1.807, 2.05) is 12.1 Å². The van der Waals surface area contributed by atoms with Crippen molar-refractivity contribution in [1.82, 2.24) is 9.47 Å². The van der Waals surface area contributed by atoms with Gasteiger partial charge in [-0.1, -0.05) is 42.5 Å². The minimum Gasteiger partial charge on any atom is -0.347 e. The van der Waals surface area contributed by atoms with Crippen molar-refractivity contribution in [2.45, 2.75) is 33.0 Å². The Morgan fingerprint density at radius 2 is 1.64 bits per heavy atom. The summed E-state index contributed by atoms with van der Waals surface area (Å²) in [5, 5.41) is 0. The molecule has 0 atom stereocenters. The summed E-state index contributed by atoms with van der Waals surface area (Å²) in [6.45, 7) is 5.77. The van der Waals surface area contributed by atoms with Gasteiger partial charge in [0.05, 0.1) is 6.54 Å². The SMILES string of the molecule is Cc1c(CN2CCc3ccccc3C2)ccn1Cc1ccccc1F. The van der Waals surface area contributed by atoms with Gasteiger partial charge in [0.15, 0.2) is 0 Å². The maximum absolute atomic E-state index is 13.9.